The van der Waals surface area contributed by atoms with E-state index in [1.807, 2.05) is 20.8 Å². The Morgan fingerprint density at radius 1 is 1.27 bits per heavy atom. The van der Waals surface area contributed by atoms with E-state index < -0.39 is 14.8 Å². The first-order valence-corrected chi connectivity index (χ1v) is 9.64. The lowest BCUT2D eigenvalue weighted by Crippen LogP contribution is -2.41. The molecule has 124 valence electrons. The Balaban J connectivity index is 1.94. The zero-order valence-corrected chi connectivity index (χ0v) is 14.4. The molecule has 0 spiro atoms. The summed E-state index contributed by atoms with van der Waals surface area (Å²) in [6.45, 7) is 6.39. The van der Waals surface area contributed by atoms with Crippen LogP contribution < -0.4 is 0 Å². The molecule has 6 nitrogen and oxygen atoms in total. The fourth-order valence-electron chi connectivity index (χ4n) is 2.96. The van der Waals surface area contributed by atoms with Crippen LogP contribution in [0.2, 0.25) is 0 Å². The van der Waals surface area contributed by atoms with Gasteiger partial charge in [0.15, 0.2) is 5.82 Å². The van der Waals surface area contributed by atoms with Crippen molar-refractivity contribution in [2.24, 2.45) is 0 Å². The zero-order chi connectivity index (χ0) is 16.0. The summed E-state index contributed by atoms with van der Waals surface area (Å²) >= 11 is 0. The van der Waals surface area contributed by atoms with Gasteiger partial charge in [0.05, 0.1) is 10.8 Å². The van der Waals surface area contributed by atoms with Crippen molar-refractivity contribution in [3.8, 4) is 0 Å². The Kier molecular flexibility index (Phi) is 4.05. The van der Waals surface area contributed by atoms with Crippen molar-refractivity contribution in [3.63, 3.8) is 0 Å². The molecule has 2 fully saturated rings. The number of nitrogens with zero attached hydrogens (tertiary/aromatic N) is 3. The van der Waals surface area contributed by atoms with Crippen molar-refractivity contribution >= 4 is 10.0 Å². The fraction of sp³-hybridized carbons (Fsp3) is 0.867. The lowest BCUT2D eigenvalue weighted by atomic mass is 10.1. The van der Waals surface area contributed by atoms with Crippen LogP contribution in [0, 0.1) is 0 Å². The first-order valence-electron chi connectivity index (χ1n) is 8.20. The molecule has 1 atom stereocenters. The molecule has 0 N–H and O–H groups in total. The van der Waals surface area contributed by atoms with Gasteiger partial charge in [-0.1, -0.05) is 31.8 Å². The molecule has 7 heteroatoms. The minimum atomic E-state index is -3.31. The van der Waals surface area contributed by atoms with Crippen LogP contribution in [0.1, 0.15) is 83.0 Å². The maximum absolute atomic E-state index is 13.0. The molecule has 1 aliphatic carbocycles. The number of hydrogen-bond donors (Lipinski definition) is 0. The summed E-state index contributed by atoms with van der Waals surface area (Å²) in [5.74, 6) is 1.26. The molecule has 2 aliphatic rings. The highest BCUT2D eigenvalue weighted by molar-refractivity contribution is 7.90. The Bertz CT molecular complexity index is 634. The summed E-state index contributed by atoms with van der Waals surface area (Å²) in [5.41, 5.74) is 0. The summed E-state index contributed by atoms with van der Waals surface area (Å²) in [4.78, 5) is 4.46. The van der Waals surface area contributed by atoms with Gasteiger partial charge in [-0.05, 0) is 32.6 Å². The Hall–Kier alpha value is -0.950. The van der Waals surface area contributed by atoms with Gasteiger partial charge < -0.3 is 4.52 Å². The molecular formula is C15H25N3O3S. The van der Waals surface area contributed by atoms with E-state index in [9.17, 15) is 8.42 Å². The molecule has 0 amide bonds. The summed E-state index contributed by atoms with van der Waals surface area (Å²) in [6.07, 6.45) is 5.23. The quantitative estimate of drug-likeness (QED) is 0.849. The van der Waals surface area contributed by atoms with E-state index in [4.69, 9.17) is 4.52 Å². The van der Waals surface area contributed by atoms with E-state index in [0.717, 1.165) is 38.5 Å². The lowest BCUT2D eigenvalue weighted by molar-refractivity contribution is 0.297. The molecule has 1 unspecified atom stereocenters. The van der Waals surface area contributed by atoms with Crippen molar-refractivity contribution in [3.05, 3.63) is 11.7 Å². The number of rotatable bonds is 4. The third kappa shape index (κ3) is 2.69. The average molecular weight is 327 g/mol. The van der Waals surface area contributed by atoms with Crippen LogP contribution in [0.25, 0.3) is 0 Å². The molecule has 1 aliphatic heterocycles. The maximum atomic E-state index is 13.0. The van der Waals surface area contributed by atoms with Crippen molar-refractivity contribution in [1.29, 1.82) is 0 Å². The Morgan fingerprint density at radius 2 is 2.00 bits per heavy atom. The normalized spacial score (nSPS) is 26.1. The van der Waals surface area contributed by atoms with Crippen molar-refractivity contribution < 1.29 is 12.9 Å². The monoisotopic (exact) mass is 327 g/mol. The topological polar surface area (TPSA) is 76.3 Å². The van der Waals surface area contributed by atoms with Gasteiger partial charge >= 0.3 is 0 Å². The highest BCUT2D eigenvalue weighted by atomic mass is 32.2. The molecule has 1 saturated heterocycles. The zero-order valence-electron chi connectivity index (χ0n) is 13.6. The second kappa shape index (κ2) is 5.60. The van der Waals surface area contributed by atoms with E-state index in [-0.39, 0.29) is 12.0 Å². The third-order valence-electron chi connectivity index (χ3n) is 4.84. The maximum Gasteiger partial charge on any atom is 0.229 e. The average Bonchev–Trinajstić information content (AvgIpc) is 3.11. The van der Waals surface area contributed by atoms with Crippen LogP contribution in [0.5, 0.6) is 0 Å². The van der Waals surface area contributed by atoms with Crippen LogP contribution in [-0.4, -0.2) is 34.2 Å². The third-order valence-corrected chi connectivity index (χ3v) is 7.55. The van der Waals surface area contributed by atoms with Crippen LogP contribution >= 0.6 is 0 Å². The second-order valence-corrected chi connectivity index (χ2v) is 9.48. The molecule has 0 radical (unpaired) electrons. The summed E-state index contributed by atoms with van der Waals surface area (Å²) in [5, 5.41) is 4.08. The molecule has 1 saturated carbocycles. The highest BCUT2D eigenvalue weighted by Crippen LogP contribution is 2.47. The van der Waals surface area contributed by atoms with Gasteiger partial charge in [-0.3, -0.25) is 0 Å². The van der Waals surface area contributed by atoms with Gasteiger partial charge in [-0.15, -0.1) is 0 Å². The van der Waals surface area contributed by atoms with Crippen LogP contribution in [0.4, 0.5) is 0 Å². The minimum Gasteiger partial charge on any atom is -0.339 e. The summed E-state index contributed by atoms with van der Waals surface area (Å²) in [6, 6.07) is -0.277. The van der Waals surface area contributed by atoms with E-state index in [2.05, 4.69) is 10.1 Å². The van der Waals surface area contributed by atoms with Crippen molar-refractivity contribution in [2.75, 3.05) is 6.54 Å². The molecule has 0 aromatic carbocycles. The summed E-state index contributed by atoms with van der Waals surface area (Å²) < 4.78 is 32.3. The summed E-state index contributed by atoms with van der Waals surface area (Å²) in [7, 11) is -3.31. The predicted octanol–water partition coefficient (Wildman–Crippen LogP) is 2.99. The van der Waals surface area contributed by atoms with Gasteiger partial charge in [0, 0.05) is 12.5 Å². The second-order valence-electron chi connectivity index (χ2n) is 7.08. The highest BCUT2D eigenvalue weighted by Gasteiger charge is 2.54. The van der Waals surface area contributed by atoms with Crippen LogP contribution in [0.3, 0.4) is 0 Å². The van der Waals surface area contributed by atoms with Gasteiger partial charge in [0.25, 0.3) is 0 Å². The first-order chi connectivity index (χ1) is 10.3. The molecule has 3 rings (SSSR count). The van der Waals surface area contributed by atoms with E-state index in [1.54, 1.807) is 4.31 Å². The minimum absolute atomic E-state index is 0.151. The molecule has 0 bridgehead atoms. The van der Waals surface area contributed by atoms with Crippen LogP contribution in [0.15, 0.2) is 4.52 Å². The van der Waals surface area contributed by atoms with Gasteiger partial charge in [-0.25, -0.2) is 8.42 Å². The largest absolute Gasteiger partial charge is 0.339 e. The number of aromatic nitrogens is 2. The molecule has 1 aromatic rings. The first kappa shape index (κ1) is 15.9. The standard InChI is InChI=1S/C15H25N3O3S/c1-11(2)14-16-13(17-21-14)12-7-5-4-6-10-18(12)22(19,20)15(3)8-9-15/h11-12H,4-10H2,1-3H3. The van der Waals surface area contributed by atoms with E-state index in [1.165, 1.54) is 0 Å². The molecular weight excluding hydrogens is 302 g/mol. The van der Waals surface area contributed by atoms with E-state index in [0.29, 0.717) is 18.3 Å². The molecule has 1 aromatic heterocycles. The lowest BCUT2D eigenvalue weighted by Gasteiger charge is -2.29. The smallest absolute Gasteiger partial charge is 0.229 e. The van der Waals surface area contributed by atoms with Gasteiger partial charge in [0.2, 0.25) is 15.9 Å². The number of sulfonamides is 1. The van der Waals surface area contributed by atoms with Crippen LogP contribution in [-0.2, 0) is 10.0 Å². The number of hydrogen-bond acceptors (Lipinski definition) is 5. The molecule has 2 heterocycles. The van der Waals surface area contributed by atoms with Gasteiger partial charge in [0.1, 0.15) is 0 Å². The SMILES string of the molecule is CC(C)c1nc(C2CCCCCN2S(=O)(=O)C2(C)CC2)no1. The van der Waals surface area contributed by atoms with Gasteiger partial charge in [-0.2, -0.15) is 9.29 Å². The van der Waals surface area contributed by atoms with Crippen molar-refractivity contribution in [2.45, 2.75) is 76.0 Å². The fourth-order valence-corrected chi connectivity index (χ4v) is 5.05. The predicted molar refractivity (Wildman–Crippen MR) is 82.9 cm³/mol. The Labute approximate surface area is 132 Å². The molecule has 22 heavy (non-hydrogen) atoms. The van der Waals surface area contributed by atoms with Crippen molar-refractivity contribution in [1.82, 2.24) is 14.4 Å². The Morgan fingerprint density at radius 3 is 2.59 bits per heavy atom. The van der Waals surface area contributed by atoms with E-state index >= 15 is 0 Å².